The van der Waals surface area contributed by atoms with Gasteiger partial charge in [-0.1, -0.05) is 11.8 Å². The third-order valence-electron chi connectivity index (χ3n) is 3.94. The number of nitrogens with two attached hydrogens (primary N) is 1. The van der Waals surface area contributed by atoms with Crippen molar-refractivity contribution in [1.82, 2.24) is 19.9 Å². The molecule has 0 unspecified atom stereocenters. The lowest BCUT2D eigenvalue weighted by Crippen LogP contribution is -2.45. The van der Waals surface area contributed by atoms with Crippen LogP contribution in [-0.2, 0) is 0 Å². The Morgan fingerprint density at radius 2 is 1.83 bits per heavy atom. The van der Waals surface area contributed by atoms with E-state index in [0.717, 1.165) is 48.8 Å². The van der Waals surface area contributed by atoms with Crippen molar-refractivity contribution in [3.8, 4) is 11.8 Å². The quantitative estimate of drug-likeness (QED) is 0.790. The fourth-order valence-corrected chi connectivity index (χ4v) is 2.48. The average Bonchev–Trinajstić information content (AvgIpc) is 2.56. The second-order valence-electron chi connectivity index (χ2n) is 5.67. The number of piperazine rings is 1. The van der Waals surface area contributed by atoms with Crippen molar-refractivity contribution in [2.24, 2.45) is 0 Å². The smallest absolute Gasteiger partial charge is 0.148 e. The fraction of sp³-hybridized carbons (Fsp3) is 0.353. The van der Waals surface area contributed by atoms with Gasteiger partial charge in [-0.2, -0.15) is 0 Å². The fourth-order valence-electron chi connectivity index (χ4n) is 2.48. The normalized spacial score (nSPS) is 15.1. The number of likely N-dealkylation sites (N-methyl/N-ethyl adjacent to an activating group) is 1. The summed E-state index contributed by atoms with van der Waals surface area (Å²) in [7, 11) is 2.14. The van der Waals surface area contributed by atoms with Gasteiger partial charge in [0.05, 0.1) is 11.3 Å². The minimum Gasteiger partial charge on any atom is -0.384 e. The van der Waals surface area contributed by atoms with Gasteiger partial charge in [-0.15, -0.1) is 0 Å². The van der Waals surface area contributed by atoms with E-state index < -0.39 is 0 Å². The molecule has 1 fully saturated rings. The number of hydrogen-bond acceptors (Lipinski definition) is 6. The third kappa shape index (κ3) is 3.58. The van der Waals surface area contributed by atoms with Crippen LogP contribution in [0.2, 0.25) is 0 Å². The lowest BCUT2D eigenvalue weighted by Gasteiger charge is -2.33. The molecule has 0 radical (unpaired) electrons. The first-order valence-electron chi connectivity index (χ1n) is 7.62. The number of anilines is 2. The molecule has 3 rings (SSSR count). The maximum atomic E-state index is 5.60. The van der Waals surface area contributed by atoms with Gasteiger partial charge in [0.25, 0.3) is 0 Å². The molecule has 0 amide bonds. The number of aromatic nitrogens is 3. The van der Waals surface area contributed by atoms with Gasteiger partial charge in [-0.25, -0.2) is 15.0 Å². The van der Waals surface area contributed by atoms with Crippen molar-refractivity contribution in [2.45, 2.75) is 6.92 Å². The first-order chi connectivity index (χ1) is 11.1. The number of pyridine rings is 1. The molecule has 0 aromatic carbocycles. The van der Waals surface area contributed by atoms with Crippen molar-refractivity contribution in [3.05, 3.63) is 41.5 Å². The minimum atomic E-state index is 0.493. The van der Waals surface area contributed by atoms with Crippen molar-refractivity contribution < 1.29 is 0 Å². The zero-order chi connectivity index (χ0) is 16.2. The first-order valence-corrected chi connectivity index (χ1v) is 7.62. The van der Waals surface area contributed by atoms with Crippen molar-refractivity contribution in [3.63, 3.8) is 0 Å². The van der Waals surface area contributed by atoms with Gasteiger partial charge in [-0.05, 0) is 26.1 Å². The van der Waals surface area contributed by atoms with Gasteiger partial charge < -0.3 is 15.5 Å². The Kier molecular flexibility index (Phi) is 4.40. The van der Waals surface area contributed by atoms with Crippen LogP contribution in [0.15, 0.2) is 24.7 Å². The van der Waals surface area contributed by atoms with Crippen LogP contribution >= 0.6 is 0 Å². The molecular weight excluding hydrogens is 288 g/mol. The van der Waals surface area contributed by atoms with Gasteiger partial charge in [-0.3, -0.25) is 0 Å². The highest BCUT2D eigenvalue weighted by atomic mass is 15.3. The second kappa shape index (κ2) is 6.63. The summed E-state index contributed by atoms with van der Waals surface area (Å²) in [6.45, 7) is 5.91. The highest BCUT2D eigenvalue weighted by molar-refractivity contribution is 5.59. The van der Waals surface area contributed by atoms with Crippen LogP contribution in [0.25, 0.3) is 0 Å². The zero-order valence-electron chi connectivity index (χ0n) is 13.5. The van der Waals surface area contributed by atoms with Crippen LogP contribution in [0.5, 0.6) is 0 Å². The topological polar surface area (TPSA) is 71.2 Å². The number of rotatable bonds is 1. The van der Waals surface area contributed by atoms with E-state index in [9.17, 15) is 0 Å². The molecule has 3 heterocycles. The second-order valence-corrected chi connectivity index (χ2v) is 5.67. The zero-order valence-corrected chi connectivity index (χ0v) is 13.5. The molecule has 0 bridgehead atoms. The summed E-state index contributed by atoms with van der Waals surface area (Å²) < 4.78 is 0. The summed E-state index contributed by atoms with van der Waals surface area (Å²) in [6, 6.07) is 3.61. The molecule has 0 spiro atoms. The molecule has 1 saturated heterocycles. The summed E-state index contributed by atoms with van der Waals surface area (Å²) in [4.78, 5) is 17.4. The van der Waals surface area contributed by atoms with Crippen molar-refractivity contribution in [1.29, 1.82) is 0 Å². The molecule has 2 aromatic heterocycles. The Bertz CT molecular complexity index is 736. The molecular formula is C17H20N6. The molecule has 6 heteroatoms. The first kappa shape index (κ1) is 15.3. The molecule has 1 aliphatic rings. The number of nitrogens with zero attached hydrogens (tertiary/aromatic N) is 5. The predicted molar refractivity (Wildman–Crippen MR) is 91.1 cm³/mol. The summed E-state index contributed by atoms with van der Waals surface area (Å²) in [5.41, 5.74) is 8.20. The summed E-state index contributed by atoms with van der Waals surface area (Å²) in [5.74, 6) is 7.76. The van der Waals surface area contributed by atoms with E-state index in [1.807, 2.05) is 13.0 Å². The lowest BCUT2D eigenvalue weighted by molar-refractivity contribution is 0.312. The Balaban J connectivity index is 1.91. The monoisotopic (exact) mass is 308 g/mol. The van der Waals surface area contributed by atoms with Crippen molar-refractivity contribution in [2.75, 3.05) is 43.9 Å². The highest BCUT2D eigenvalue weighted by Crippen LogP contribution is 2.20. The molecule has 6 nitrogen and oxygen atoms in total. The molecule has 2 aromatic rings. The molecule has 0 aliphatic carbocycles. The summed E-state index contributed by atoms with van der Waals surface area (Å²) in [5, 5.41) is 0. The van der Waals surface area contributed by atoms with E-state index in [1.165, 1.54) is 0 Å². The average molecular weight is 308 g/mol. The maximum Gasteiger partial charge on any atom is 0.148 e. The van der Waals surface area contributed by atoms with Gasteiger partial charge in [0.1, 0.15) is 18.0 Å². The van der Waals surface area contributed by atoms with E-state index in [2.05, 4.69) is 43.6 Å². The Hall–Kier alpha value is -2.65. The lowest BCUT2D eigenvalue weighted by atomic mass is 10.1. The maximum absolute atomic E-state index is 5.60. The van der Waals surface area contributed by atoms with E-state index in [4.69, 9.17) is 5.73 Å². The Morgan fingerprint density at radius 1 is 1.04 bits per heavy atom. The van der Waals surface area contributed by atoms with Crippen LogP contribution in [0.3, 0.4) is 0 Å². The number of hydrogen-bond donors (Lipinski definition) is 1. The molecule has 23 heavy (non-hydrogen) atoms. The van der Waals surface area contributed by atoms with E-state index in [-0.39, 0.29) is 0 Å². The predicted octanol–water partition coefficient (Wildman–Crippen LogP) is 0.914. The minimum absolute atomic E-state index is 0.493. The van der Waals surface area contributed by atoms with Crippen molar-refractivity contribution >= 4 is 11.6 Å². The summed E-state index contributed by atoms with van der Waals surface area (Å²) >= 11 is 0. The standard InChI is InChI=1S/C17H20N6/c1-13-15(5-3-14-4-6-16(18)19-11-14)17(21-12-20-13)23-9-7-22(2)8-10-23/h4,6,11-12H,7-10H2,1-2H3,(H2,18,19). The van der Waals surface area contributed by atoms with Gasteiger partial charge in [0.15, 0.2) is 0 Å². The molecule has 118 valence electrons. The largest absolute Gasteiger partial charge is 0.384 e. The Morgan fingerprint density at radius 3 is 2.52 bits per heavy atom. The highest BCUT2D eigenvalue weighted by Gasteiger charge is 2.18. The molecule has 1 aliphatic heterocycles. The SMILES string of the molecule is Cc1ncnc(N2CCN(C)CC2)c1C#Cc1ccc(N)nc1. The van der Waals surface area contributed by atoms with E-state index in [1.54, 1.807) is 18.6 Å². The van der Waals surface area contributed by atoms with Crippen LogP contribution in [0, 0.1) is 18.8 Å². The molecule has 2 N–H and O–H groups in total. The van der Waals surface area contributed by atoms with Gasteiger partial charge in [0.2, 0.25) is 0 Å². The van der Waals surface area contributed by atoms with Gasteiger partial charge in [0, 0.05) is 37.9 Å². The van der Waals surface area contributed by atoms with E-state index >= 15 is 0 Å². The van der Waals surface area contributed by atoms with E-state index in [0.29, 0.717) is 5.82 Å². The third-order valence-corrected chi connectivity index (χ3v) is 3.94. The number of aryl methyl sites for hydroxylation is 1. The van der Waals surface area contributed by atoms with Gasteiger partial charge >= 0.3 is 0 Å². The van der Waals surface area contributed by atoms with Crippen LogP contribution in [-0.4, -0.2) is 53.1 Å². The Labute approximate surface area is 136 Å². The summed E-state index contributed by atoms with van der Waals surface area (Å²) in [6.07, 6.45) is 3.29. The van der Waals surface area contributed by atoms with Crippen LogP contribution in [0.1, 0.15) is 16.8 Å². The van der Waals surface area contributed by atoms with Crippen LogP contribution < -0.4 is 10.6 Å². The number of nitrogen functional groups attached to an aromatic ring is 1. The molecule has 0 atom stereocenters. The van der Waals surface area contributed by atoms with Crippen LogP contribution in [0.4, 0.5) is 11.6 Å². The molecule has 0 saturated carbocycles.